The maximum atomic E-state index is 16.2. The van der Waals surface area contributed by atoms with Gasteiger partial charge in [-0.15, -0.1) is 45.3 Å². The molecule has 5 rings (SSSR count). The highest BCUT2D eigenvalue weighted by Gasteiger charge is 2.28. The molecule has 0 bridgehead atoms. The van der Waals surface area contributed by atoms with Gasteiger partial charge < -0.3 is 13.7 Å². The van der Waals surface area contributed by atoms with Gasteiger partial charge >= 0.3 is 5.97 Å². The number of halogens is 1. The molecule has 0 aliphatic rings. The van der Waals surface area contributed by atoms with Crippen molar-refractivity contribution in [2.75, 3.05) is 72.5 Å². The molecule has 1 atom stereocenters. The van der Waals surface area contributed by atoms with Crippen molar-refractivity contribution in [1.82, 2.24) is 0 Å². The van der Waals surface area contributed by atoms with E-state index in [0.29, 0.717) is 40.3 Å². The molecular formula is C43H63FN2O8S6+2. The number of fused-ring (bicyclic) bond motifs is 3. The van der Waals surface area contributed by atoms with Gasteiger partial charge in [-0.2, -0.15) is 16.8 Å². The Morgan fingerprint density at radius 3 is 1.82 bits per heavy atom. The molecule has 1 unspecified atom stereocenters. The van der Waals surface area contributed by atoms with Crippen LogP contribution in [-0.4, -0.2) is 113 Å². The summed E-state index contributed by atoms with van der Waals surface area (Å²) in [5.74, 6) is -1.37. The summed E-state index contributed by atoms with van der Waals surface area (Å²) in [6.45, 7) is 11.4. The Bertz CT molecular complexity index is 2400. The lowest BCUT2D eigenvalue weighted by atomic mass is 9.96. The monoisotopic (exact) mass is 946 g/mol. The van der Waals surface area contributed by atoms with Crippen LogP contribution in [0.3, 0.4) is 0 Å². The van der Waals surface area contributed by atoms with Crippen LogP contribution in [0.5, 0.6) is 0 Å². The van der Waals surface area contributed by atoms with Crippen LogP contribution in [0.15, 0.2) is 12.1 Å². The van der Waals surface area contributed by atoms with Crippen LogP contribution >= 0.6 is 45.3 Å². The Balaban J connectivity index is 1.53. The molecule has 17 heteroatoms. The van der Waals surface area contributed by atoms with E-state index >= 15 is 4.39 Å². The van der Waals surface area contributed by atoms with Crippen molar-refractivity contribution in [3.63, 3.8) is 0 Å². The summed E-state index contributed by atoms with van der Waals surface area (Å²) in [7, 11) is 0.311. The summed E-state index contributed by atoms with van der Waals surface area (Å²) < 4.78 is 90.4. The number of ether oxygens (including phenoxy) is 1. The average molecular weight is 947 g/mol. The van der Waals surface area contributed by atoms with E-state index in [9.17, 15) is 30.7 Å². The predicted molar refractivity (Wildman–Crippen MR) is 251 cm³/mol. The van der Waals surface area contributed by atoms with Gasteiger partial charge in [0.1, 0.15) is 4.88 Å². The summed E-state index contributed by atoms with van der Waals surface area (Å²) >= 11 is 6.25. The Morgan fingerprint density at radius 2 is 1.28 bits per heavy atom. The molecule has 5 aromatic rings. The number of carbonyl (C=O) groups is 1. The van der Waals surface area contributed by atoms with Gasteiger partial charge in [-0.25, -0.2) is 9.18 Å². The lowest BCUT2D eigenvalue weighted by Crippen LogP contribution is -2.42. The molecule has 60 heavy (non-hydrogen) atoms. The average Bonchev–Trinajstić information content (AvgIpc) is 3.90. The van der Waals surface area contributed by atoms with E-state index in [2.05, 4.69) is 61.1 Å². The zero-order valence-corrected chi connectivity index (χ0v) is 41.2. The molecule has 0 spiro atoms. The molecule has 0 aliphatic carbocycles. The van der Waals surface area contributed by atoms with E-state index in [1.165, 1.54) is 47.5 Å². The molecule has 334 valence electrons. The van der Waals surface area contributed by atoms with E-state index < -0.39 is 32.0 Å². The van der Waals surface area contributed by atoms with E-state index in [-0.39, 0.29) is 28.9 Å². The summed E-state index contributed by atoms with van der Waals surface area (Å²) in [5.41, 5.74) is 2.53. The number of quaternary nitrogens is 2. The van der Waals surface area contributed by atoms with Gasteiger partial charge in [0.25, 0.3) is 20.2 Å². The van der Waals surface area contributed by atoms with Crippen LogP contribution in [0.4, 0.5) is 4.39 Å². The zero-order valence-electron chi connectivity index (χ0n) is 36.3. The van der Waals surface area contributed by atoms with E-state index in [1.807, 2.05) is 6.92 Å². The first-order valence-corrected chi connectivity index (χ1v) is 27.4. The number of esters is 1. The van der Waals surface area contributed by atoms with Gasteiger partial charge in [-0.3, -0.25) is 9.11 Å². The first-order chi connectivity index (χ1) is 28.0. The molecule has 2 N–H and O–H groups in total. The van der Waals surface area contributed by atoms with Gasteiger partial charge in [-0.1, -0.05) is 33.1 Å². The summed E-state index contributed by atoms with van der Waals surface area (Å²) in [5, 5.41) is 2.89. The lowest BCUT2D eigenvalue weighted by Gasteiger charge is -2.30. The largest absolute Gasteiger partial charge is 0.461 e. The number of aryl methyl sites for hydroxylation is 4. The third kappa shape index (κ3) is 12.8. The topological polar surface area (TPSA) is 135 Å². The molecule has 0 saturated heterocycles. The molecule has 0 fully saturated rings. The van der Waals surface area contributed by atoms with Gasteiger partial charge in [0.2, 0.25) is 0 Å². The fourth-order valence-corrected chi connectivity index (χ4v) is 14.2. The number of unbranched alkanes of at least 4 members (excludes halogenated alkanes) is 1. The van der Waals surface area contributed by atoms with Crippen molar-refractivity contribution in [2.45, 2.75) is 91.9 Å². The van der Waals surface area contributed by atoms with Gasteiger partial charge in [0, 0.05) is 55.1 Å². The fraction of sp³-hybridized carbons (Fsp3) is 0.605. The van der Waals surface area contributed by atoms with Gasteiger partial charge in [0.05, 0.1) is 82.1 Å². The minimum Gasteiger partial charge on any atom is -0.461 e. The van der Waals surface area contributed by atoms with Crippen molar-refractivity contribution in [2.24, 2.45) is 5.92 Å². The number of thiophene rings is 4. The van der Waals surface area contributed by atoms with E-state index in [4.69, 9.17) is 4.74 Å². The Labute approximate surface area is 372 Å². The van der Waals surface area contributed by atoms with Crippen LogP contribution in [-0.2, 0) is 37.8 Å². The molecule has 10 nitrogen and oxygen atoms in total. The third-order valence-corrected chi connectivity index (χ3v) is 18.1. The molecule has 0 amide bonds. The molecular weight excluding hydrogens is 884 g/mol. The van der Waals surface area contributed by atoms with E-state index in [1.54, 1.807) is 34.0 Å². The lowest BCUT2D eigenvalue weighted by molar-refractivity contribution is -0.890. The molecule has 0 saturated carbocycles. The first-order valence-electron chi connectivity index (χ1n) is 20.9. The normalized spacial score (nSPS) is 13.7. The van der Waals surface area contributed by atoms with Crippen molar-refractivity contribution >= 4 is 102 Å². The van der Waals surface area contributed by atoms with Gasteiger partial charge in [-0.05, 0) is 73.1 Å². The zero-order chi connectivity index (χ0) is 44.2. The van der Waals surface area contributed by atoms with Crippen LogP contribution in [0.25, 0.3) is 40.0 Å². The van der Waals surface area contributed by atoms with E-state index in [0.717, 1.165) is 83.8 Å². The minimum atomic E-state index is -4.02. The number of carbonyl (C=O) groups excluding carboxylic acids is 1. The fourth-order valence-electron chi connectivity index (χ4n) is 8.18. The maximum absolute atomic E-state index is 16.2. The standard InChI is InChI=1S/C43H61FN2O8S6/c1-9-11-16-30(10-2)27-54-43(47)42-37(44)36-29(4)56-40(41(36)58-42)35-26-34-32(18-13-20-46(7,8)22-15-24-60(51,52)53)38-33(25-28(3)55-38)31(39(34)57-35)17-12-19-45(5,6)21-14-23-59(48,49)50/h25-26,30H,9-24,27H2,1-8H3/p+2. The van der Waals surface area contributed by atoms with Crippen LogP contribution < -0.4 is 0 Å². The number of hydrogen-bond donors (Lipinski definition) is 2. The SMILES string of the molecule is CCCCC(CC)COC(=O)c1sc2c(-c3cc4c(CCC[N+](C)(C)CCCS(=O)(=O)O)c5sc(C)cc5c(CCC[N+](C)(C)CCCS(=O)(=O)O)c4s3)sc(C)c2c1F. The minimum absolute atomic E-state index is 0.0237. The first kappa shape index (κ1) is 49.0. The summed E-state index contributed by atoms with van der Waals surface area (Å²) in [4.78, 5) is 17.4. The quantitative estimate of drug-likeness (QED) is 0.0355. The highest BCUT2D eigenvalue weighted by molar-refractivity contribution is 7.86. The second-order valence-electron chi connectivity index (χ2n) is 17.6. The summed E-state index contributed by atoms with van der Waals surface area (Å²) in [6.07, 6.45) is 8.08. The number of nitrogens with zero attached hydrogens (tertiary/aromatic N) is 2. The van der Waals surface area contributed by atoms with Crippen LogP contribution in [0.2, 0.25) is 0 Å². The molecule has 0 aliphatic heterocycles. The Kier molecular flexibility index (Phi) is 16.5. The highest BCUT2D eigenvalue weighted by Crippen LogP contribution is 2.51. The smallest absolute Gasteiger partial charge is 0.351 e. The Hall–Kier alpha value is -2.06. The highest BCUT2D eigenvalue weighted by atomic mass is 32.2. The third-order valence-electron chi connectivity index (χ3n) is 11.6. The Morgan fingerprint density at radius 1 is 0.750 bits per heavy atom. The number of benzene rings is 1. The maximum Gasteiger partial charge on any atom is 0.351 e. The predicted octanol–water partition coefficient (Wildman–Crippen LogP) is 10.8. The second-order valence-corrected chi connectivity index (χ2v) is 25.3. The van der Waals surface area contributed by atoms with Crippen molar-refractivity contribution in [1.29, 1.82) is 0 Å². The molecule has 4 heterocycles. The molecule has 4 aromatic heterocycles. The van der Waals surface area contributed by atoms with Crippen molar-refractivity contribution in [3.8, 4) is 9.75 Å². The number of hydrogen-bond acceptors (Lipinski definition) is 10. The van der Waals surface area contributed by atoms with Crippen molar-refractivity contribution in [3.05, 3.63) is 43.7 Å². The second kappa shape index (κ2) is 20.2. The molecule has 1 aromatic carbocycles. The van der Waals surface area contributed by atoms with Crippen LogP contribution in [0.1, 0.15) is 95.8 Å². The number of rotatable bonds is 24. The van der Waals surface area contributed by atoms with Crippen molar-refractivity contribution < 1.29 is 48.8 Å². The summed E-state index contributed by atoms with van der Waals surface area (Å²) in [6, 6.07) is 4.54. The molecule has 0 radical (unpaired) electrons. The van der Waals surface area contributed by atoms with Gasteiger partial charge in [0.15, 0.2) is 5.82 Å². The van der Waals surface area contributed by atoms with Crippen LogP contribution in [0, 0.1) is 25.6 Å².